The number of allylic oxidation sites excluding steroid dienone is 1. The average Bonchev–Trinajstić information content (AvgIpc) is 3.36. The third kappa shape index (κ3) is 5.20. The summed E-state index contributed by atoms with van der Waals surface area (Å²) in [6.07, 6.45) is 6.53. The number of amides is 1. The second-order valence-electron chi connectivity index (χ2n) is 5.89. The van der Waals surface area contributed by atoms with E-state index in [0.29, 0.717) is 5.16 Å². The lowest BCUT2D eigenvalue weighted by Gasteiger charge is -2.07. The minimum Gasteiger partial charge on any atom is -0.465 e. The number of hydrogen-bond donors (Lipinski definition) is 1. The minimum absolute atomic E-state index is 0.200. The fourth-order valence-electron chi connectivity index (χ4n) is 2.44. The predicted octanol–water partition coefficient (Wildman–Crippen LogP) is 3.77. The van der Waals surface area contributed by atoms with Crippen LogP contribution in [-0.2, 0) is 11.3 Å². The number of nitrogens with zero attached hydrogens (tertiary/aromatic N) is 4. The molecule has 2 heterocycles. The van der Waals surface area contributed by atoms with Crippen LogP contribution in [0.3, 0.4) is 0 Å². The Morgan fingerprint density at radius 3 is 2.82 bits per heavy atom. The lowest BCUT2D eigenvalue weighted by Crippen LogP contribution is -2.19. The number of furan rings is 1. The minimum atomic E-state index is -0.213. The highest BCUT2D eigenvalue weighted by molar-refractivity contribution is 7.99. The molecule has 0 atom stereocenters. The van der Waals surface area contributed by atoms with Gasteiger partial charge in [-0.15, -0.1) is 10.2 Å². The van der Waals surface area contributed by atoms with Crippen molar-refractivity contribution >= 4 is 30.0 Å². The van der Waals surface area contributed by atoms with Crippen LogP contribution in [-0.4, -0.2) is 32.6 Å². The van der Waals surface area contributed by atoms with Crippen LogP contribution in [0.25, 0.3) is 17.5 Å². The Hall–Kier alpha value is -3.13. The van der Waals surface area contributed by atoms with Crippen LogP contribution < -0.4 is 5.43 Å². The molecule has 7 nitrogen and oxygen atoms in total. The van der Waals surface area contributed by atoms with Gasteiger partial charge in [0.1, 0.15) is 5.76 Å². The fourth-order valence-corrected chi connectivity index (χ4v) is 3.23. The molecule has 1 amide bonds. The van der Waals surface area contributed by atoms with Gasteiger partial charge in [0.2, 0.25) is 0 Å². The summed E-state index contributed by atoms with van der Waals surface area (Å²) < 4.78 is 7.15. The van der Waals surface area contributed by atoms with Gasteiger partial charge in [0.05, 0.1) is 12.0 Å². The van der Waals surface area contributed by atoms with E-state index < -0.39 is 0 Å². The first kappa shape index (κ1) is 19.6. The number of hydrogen-bond acceptors (Lipinski definition) is 6. The van der Waals surface area contributed by atoms with Crippen molar-refractivity contribution in [1.29, 1.82) is 0 Å². The fraction of sp³-hybridized carbons (Fsp3) is 0.200. The molecule has 0 aliphatic rings. The zero-order chi connectivity index (χ0) is 19.8. The van der Waals surface area contributed by atoms with Gasteiger partial charge in [0, 0.05) is 18.3 Å². The van der Waals surface area contributed by atoms with E-state index in [1.165, 1.54) is 23.5 Å². The Kier molecular flexibility index (Phi) is 6.80. The Labute approximate surface area is 167 Å². The first-order valence-electron chi connectivity index (χ1n) is 8.82. The molecule has 0 aliphatic carbocycles. The highest BCUT2D eigenvalue weighted by Crippen LogP contribution is 2.24. The number of hydrazone groups is 1. The van der Waals surface area contributed by atoms with E-state index in [4.69, 9.17) is 4.42 Å². The van der Waals surface area contributed by atoms with E-state index in [9.17, 15) is 4.79 Å². The molecule has 0 unspecified atom stereocenters. The van der Waals surface area contributed by atoms with Crippen LogP contribution in [0.15, 0.2) is 63.4 Å². The maximum absolute atomic E-state index is 12.0. The van der Waals surface area contributed by atoms with Crippen molar-refractivity contribution in [2.75, 3.05) is 5.75 Å². The summed E-state index contributed by atoms with van der Waals surface area (Å²) >= 11 is 1.33. The normalized spacial score (nSPS) is 11.5. The van der Waals surface area contributed by atoms with E-state index in [1.807, 2.05) is 48.7 Å². The number of benzene rings is 1. The molecular weight excluding hydrogens is 374 g/mol. The first-order valence-corrected chi connectivity index (χ1v) is 9.81. The van der Waals surface area contributed by atoms with Gasteiger partial charge in [-0.1, -0.05) is 41.6 Å². The highest BCUT2D eigenvalue weighted by Gasteiger charge is 2.14. The van der Waals surface area contributed by atoms with Crippen molar-refractivity contribution in [2.45, 2.75) is 25.5 Å². The number of rotatable bonds is 8. The zero-order valence-electron chi connectivity index (χ0n) is 15.7. The van der Waals surface area contributed by atoms with Crippen LogP contribution in [0.5, 0.6) is 0 Å². The molecule has 8 heteroatoms. The third-order valence-electron chi connectivity index (χ3n) is 3.83. The maximum atomic E-state index is 12.0. The molecule has 0 radical (unpaired) electrons. The molecule has 1 aromatic carbocycles. The summed E-state index contributed by atoms with van der Waals surface area (Å²) in [5.41, 5.74) is 4.68. The van der Waals surface area contributed by atoms with Crippen molar-refractivity contribution in [3.8, 4) is 11.4 Å². The maximum Gasteiger partial charge on any atom is 0.250 e. The van der Waals surface area contributed by atoms with Crippen LogP contribution in [0.2, 0.25) is 0 Å². The van der Waals surface area contributed by atoms with E-state index in [2.05, 4.69) is 20.7 Å². The Morgan fingerprint density at radius 1 is 1.29 bits per heavy atom. The molecule has 0 bridgehead atoms. The Morgan fingerprint density at radius 2 is 2.11 bits per heavy atom. The van der Waals surface area contributed by atoms with Gasteiger partial charge in [-0.25, -0.2) is 5.43 Å². The summed E-state index contributed by atoms with van der Waals surface area (Å²) in [5.74, 6) is 1.50. The second-order valence-corrected chi connectivity index (χ2v) is 6.84. The molecule has 28 heavy (non-hydrogen) atoms. The van der Waals surface area contributed by atoms with Crippen molar-refractivity contribution in [3.63, 3.8) is 0 Å². The molecule has 0 saturated carbocycles. The smallest absolute Gasteiger partial charge is 0.250 e. The van der Waals surface area contributed by atoms with Crippen molar-refractivity contribution in [2.24, 2.45) is 5.10 Å². The number of carbonyl (C=O) groups is 1. The lowest BCUT2D eigenvalue weighted by atomic mass is 10.1. The monoisotopic (exact) mass is 395 g/mol. The van der Waals surface area contributed by atoms with Crippen LogP contribution in [0.1, 0.15) is 18.2 Å². The molecule has 3 aromatic rings. The topological polar surface area (TPSA) is 85.3 Å². The van der Waals surface area contributed by atoms with Gasteiger partial charge in [-0.3, -0.25) is 4.79 Å². The molecule has 0 fully saturated rings. The first-order chi connectivity index (χ1) is 13.7. The molecule has 0 spiro atoms. The molecule has 144 valence electrons. The Bertz CT molecular complexity index is 959. The van der Waals surface area contributed by atoms with Crippen molar-refractivity contribution in [1.82, 2.24) is 20.2 Å². The number of nitrogens with one attached hydrogen (secondary N) is 1. The summed E-state index contributed by atoms with van der Waals surface area (Å²) in [6, 6.07) is 11.8. The van der Waals surface area contributed by atoms with E-state index >= 15 is 0 Å². The van der Waals surface area contributed by atoms with Crippen LogP contribution in [0.4, 0.5) is 0 Å². The van der Waals surface area contributed by atoms with Gasteiger partial charge < -0.3 is 8.98 Å². The van der Waals surface area contributed by atoms with Crippen molar-refractivity contribution in [3.05, 3.63) is 60.1 Å². The highest BCUT2D eigenvalue weighted by atomic mass is 32.2. The number of carbonyl (C=O) groups excluding carboxylic acids is 1. The zero-order valence-corrected chi connectivity index (χ0v) is 16.5. The summed E-state index contributed by atoms with van der Waals surface area (Å²) in [5, 5.41) is 13.1. The summed E-state index contributed by atoms with van der Waals surface area (Å²) in [7, 11) is 0. The van der Waals surface area contributed by atoms with Gasteiger partial charge >= 0.3 is 0 Å². The van der Waals surface area contributed by atoms with E-state index in [-0.39, 0.29) is 11.7 Å². The van der Waals surface area contributed by atoms with Gasteiger partial charge in [0.15, 0.2) is 11.0 Å². The average molecular weight is 395 g/mol. The number of aromatic nitrogens is 3. The van der Waals surface area contributed by atoms with Gasteiger partial charge in [-0.05, 0) is 38.1 Å². The van der Waals surface area contributed by atoms with Crippen molar-refractivity contribution < 1.29 is 9.21 Å². The SMILES string of the molecule is CCn1c(SCC(=O)NN=CC=Cc2ccco2)nnc1-c1ccc(C)cc1. The number of thioether (sulfide) groups is 1. The molecule has 0 aliphatic heterocycles. The molecular formula is C20H21N5O2S. The molecule has 3 rings (SSSR count). The predicted molar refractivity (Wildman–Crippen MR) is 111 cm³/mol. The quantitative estimate of drug-likeness (QED) is 0.356. The molecule has 1 N–H and O–H groups in total. The Balaban J connectivity index is 1.54. The molecule has 0 saturated heterocycles. The third-order valence-corrected chi connectivity index (χ3v) is 4.80. The standard InChI is InChI=1S/C20H21N5O2S/c1-3-25-19(16-10-8-15(2)9-11-16)23-24-20(25)28-14-18(26)22-21-12-4-6-17-7-5-13-27-17/h4-13H,3,14H2,1-2H3,(H,22,26). The molecule has 2 aromatic heterocycles. The van der Waals surface area contributed by atoms with E-state index in [0.717, 1.165) is 23.7 Å². The number of aryl methyl sites for hydroxylation is 1. The summed E-state index contributed by atoms with van der Waals surface area (Å²) in [4.78, 5) is 12.0. The lowest BCUT2D eigenvalue weighted by molar-refractivity contribution is -0.118. The van der Waals surface area contributed by atoms with E-state index in [1.54, 1.807) is 24.5 Å². The van der Waals surface area contributed by atoms with Crippen LogP contribution >= 0.6 is 11.8 Å². The van der Waals surface area contributed by atoms with Gasteiger partial charge in [-0.2, -0.15) is 5.10 Å². The largest absolute Gasteiger partial charge is 0.465 e. The van der Waals surface area contributed by atoms with Gasteiger partial charge in [0.25, 0.3) is 5.91 Å². The second kappa shape index (κ2) is 9.70. The van der Waals surface area contributed by atoms with Crippen LogP contribution in [0, 0.1) is 6.92 Å². The summed E-state index contributed by atoms with van der Waals surface area (Å²) in [6.45, 7) is 4.79.